The second-order valence-electron chi connectivity index (χ2n) is 7.55. The van der Waals surface area contributed by atoms with Crippen molar-refractivity contribution in [2.24, 2.45) is 0 Å². The van der Waals surface area contributed by atoms with Gasteiger partial charge < -0.3 is 5.32 Å². The number of nitrogens with one attached hydrogen (secondary N) is 1. The summed E-state index contributed by atoms with van der Waals surface area (Å²) in [5.74, 6) is 0.506. The van der Waals surface area contributed by atoms with Gasteiger partial charge in [0.05, 0.1) is 10.9 Å². The van der Waals surface area contributed by atoms with Crippen LogP contribution in [0.3, 0.4) is 0 Å². The largest absolute Gasteiger partial charge is 0.326 e. The lowest BCUT2D eigenvalue weighted by Crippen LogP contribution is -2.15. The number of hydrogen-bond acceptors (Lipinski definition) is 6. The molecule has 0 spiro atoms. The number of Topliss-reactive ketones (excluding diaryl/α,β-unsaturated/α-hetero) is 1. The van der Waals surface area contributed by atoms with Gasteiger partial charge in [0.25, 0.3) is 0 Å². The van der Waals surface area contributed by atoms with Gasteiger partial charge in [-0.25, -0.2) is 0 Å². The van der Waals surface area contributed by atoms with Crippen LogP contribution in [-0.2, 0) is 4.79 Å². The van der Waals surface area contributed by atoms with Crippen LogP contribution < -0.4 is 5.32 Å². The predicted molar refractivity (Wildman–Crippen MR) is 130 cm³/mol. The molecule has 33 heavy (non-hydrogen) atoms. The summed E-state index contributed by atoms with van der Waals surface area (Å²) in [4.78, 5) is 28.4. The fraction of sp³-hybridized carbons (Fsp3) is 0.160. The van der Waals surface area contributed by atoms with Crippen LogP contribution >= 0.6 is 11.8 Å². The zero-order valence-electron chi connectivity index (χ0n) is 18.5. The molecule has 2 aromatic carbocycles. The van der Waals surface area contributed by atoms with E-state index >= 15 is 0 Å². The second kappa shape index (κ2) is 9.79. The Morgan fingerprint density at radius 3 is 2.33 bits per heavy atom. The van der Waals surface area contributed by atoms with Crippen molar-refractivity contribution in [1.29, 1.82) is 0 Å². The Balaban J connectivity index is 1.65. The van der Waals surface area contributed by atoms with E-state index in [0.29, 0.717) is 22.2 Å². The van der Waals surface area contributed by atoms with E-state index in [0.717, 1.165) is 16.8 Å². The number of nitrogens with zero attached hydrogens (tertiary/aromatic N) is 4. The van der Waals surface area contributed by atoms with Crippen LogP contribution in [0.25, 0.3) is 17.1 Å². The van der Waals surface area contributed by atoms with Crippen molar-refractivity contribution in [3.63, 3.8) is 0 Å². The zero-order valence-corrected chi connectivity index (χ0v) is 19.3. The minimum atomic E-state index is -0.395. The Labute approximate surface area is 196 Å². The van der Waals surface area contributed by atoms with Gasteiger partial charge in [0.2, 0.25) is 5.91 Å². The third kappa shape index (κ3) is 5.01. The van der Waals surface area contributed by atoms with Gasteiger partial charge in [-0.05, 0) is 61.9 Å². The highest BCUT2D eigenvalue weighted by Gasteiger charge is 2.23. The molecule has 7 nitrogen and oxygen atoms in total. The Morgan fingerprint density at radius 1 is 0.970 bits per heavy atom. The number of hydrogen-bond donors (Lipinski definition) is 1. The number of rotatable bonds is 7. The maximum atomic E-state index is 13.1. The molecule has 8 heteroatoms. The molecule has 0 aliphatic rings. The molecule has 0 saturated heterocycles. The van der Waals surface area contributed by atoms with Crippen molar-refractivity contribution in [2.45, 2.75) is 31.2 Å². The smallest absolute Gasteiger partial charge is 0.221 e. The first-order valence-electron chi connectivity index (χ1n) is 10.4. The van der Waals surface area contributed by atoms with E-state index in [1.54, 1.807) is 36.7 Å². The number of benzene rings is 2. The molecule has 1 amide bonds. The van der Waals surface area contributed by atoms with Gasteiger partial charge in [-0.3, -0.25) is 19.1 Å². The molecular formula is C25H23N5O2S. The summed E-state index contributed by atoms with van der Waals surface area (Å²) in [6, 6.07) is 18.7. The Hall–Kier alpha value is -3.78. The van der Waals surface area contributed by atoms with Crippen LogP contribution in [-0.4, -0.2) is 36.7 Å². The fourth-order valence-corrected chi connectivity index (χ4v) is 4.37. The van der Waals surface area contributed by atoms with E-state index < -0.39 is 5.25 Å². The number of para-hydroxylation sites is 1. The SMILES string of the molecule is CC(=O)Nc1ccc(C(=O)C(C)Sc2nnc(-c3ccncc3)n2-c2ccccc2C)cc1. The fourth-order valence-electron chi connectivity index (χ4n) is 3.43. The van der Waals surface area contributed by atoms with Crippen molar-refractivity contribution in [1.82, 2.24) is 19.7 Å². The molecule has 2 aromatic heterocycles. The summed E-state index contributed by atoms with van der Waals surface area (Å²) in [6.07, 6.45) is 3.44. The third-order valence-corrected chi connectivity index (χ3v) is 6.11. The van der Waals surface area contributed by atoms with Gasteiger partial charge >= 0.3 is 0 Å². The number of pyridine rings is 1. The molecule has 0 aliphatic carbocycles. The number of aryl methyl sites for hydroxylation is 1. The van der Waals surface area contributed by atoms with Crippen LogP contribution in [0.4, 0.5) is 5.69 Å². The lowest BCUT2D eigenvalue weighted by Gasteiger charge is -2.15. The molecule has 1 N–H and O–H groups in total. The maximum absolute atomic E-state index is 13.1. The van der Waals surface area contributed by atoms with Gasteiger partial charge in [0.1, 0.15) is 0 Å². The number of aromatic nitrogens is 4. The first-order valence-corrected chi connectivity index (χ1v) is 11.3. The summed E-state index contributed by atoms with van der Waals surface area (Å²) < 4.78 is 1.99. The van der Waals surface area contributed by atoms with E-state index in [2.05, 4.69) is 20.5 Å². The lowest BCUT2D eigenvalue weighted by molar-refractivity contribution is -0.114. The van der Waals surface area contributed by atoms with Gasteiger partial charge in [-0.15, -0.1) is 10.2 Å². The van der Waals surface area contributed by atoms with E-state index in [9.17, 15) is 9.59 Å². The summed E-state index contributed by atoms with van der Waals surface area (Å²) >= 11 is 1.36. The Bertz CT molecular complexity index is 1290. The van der Waals surface area contributed by atoms with E-state index in [-0.39, 0.29) is 11.7 Å². The first kappa shape index (κ1) is 22.4. The highest BCUT2D eigenvalue weighted by atomic mass is 32.2. The molecule has 4 rings (SSSR count). The molecule has 0 radical (unpaired) electrons. The van der Waals surface area contributed by atoms with Crippen molar-refractivity contribution in [2.75, 3.05) is 5.32 Å². The highest BCUT2D eigenvalue weighted by Crippen LogP contribution is 2.32. The van der Waals surface area contributed by atoms with Crippen LogP contribution in [0, 0.1) is 6.92 Å². The minimum absolute atomic E-state index is 0.0285. The zero-order chi connectivity index (χ0) is 23.4. The normalized spacial score (nSPS) is 11.7. The number of amides is 1. The third-order valence-electron chi connectivity index (χ3n) is 5.07. The molecule has 0 fully saturated rings. The van der Waals surface area contributed by atoms with Gasteiger partial charge in [-0.1, -0.05) is 30.0 Å². The van der Waals surface area contributed by atoms with Gasteiger partial charge in [0.15, 0.2) is 16.8 Å². The summed E-state index contributed by atoms with van der Waals surface area (Å²) in [6.45, 7) is 5.34. The number of ketones is 1. The van der Waals surface area contributed by atoms with Crippen LogP contribution in [0.5, 0.6) is 0 Å². The standard InChI is InChI=1S/C25H23N5O2S/c1-16-6-4-5-7-22(16)30-24(20-12-14-26-15-13-20)28-29-25(30)33-17(2)23(32)19-8-10-21(11-9-19)27-18(3)31/h4-15,17H,1-3H3,(H,27,31). The summed E-state index contributed by atoms with van der Waals surface area (Å²) in [5, 5.41) is 11.8. The molecule has 2 heterocycles. The van der Waals surface area contributed by atoms with Crippen LogP contribution in [0.1, 0.15) is 29.8 Å². The molecule has 166 valence electrons. The predicted octanol–water partition coefficient (Wildman–Crippen LogP) is 4.96. The van der Waals surface area contributed by atoms with E-state index in [1.165, 1.54) is 18.7 Å². The summed E-state index contributed by atoms with van der Waals surface area (Å²) in [5.41, 5.74) is 4.14. The monoisotopic (exact) mass is 457 g/mol. The second-order valence-corrected chi connectivity index (χ2v) is 8.85. The molecular weight excluding hydrogens is 434 g/mol. The topological polar surface area (TPSA) is 89.8 Å². The quantitative estimate of drug-likeness (QED) is 0.312. The Kier molecular flexibility index (Phi) is 6.65. The van der Waals surface area contributed by atoms with Crippen molar-refractivity contribution in [3.8, 4) is 17.1 Å². The van der Waals surface area contributed by atoms with Crippen LogP contribution in [0.15, 0.2) is 78.2 Å². The van der Waals surface area contributed by atoms with E-state index in [1.807, 2.05) is 54.8 Å². The van der Waals surface area contributed by atoms with Gasteiger partial charge in [0, 0.05) is 36.1 Å². The average Bonchev–Trinajstić information content (AvgIpc) is 3.22. The average molecular weight is 458 g/mol. The van der Waals surface area contributed by atoms with E-state index in [4.69, 9.17) is 0 Å². The van der Waals surface area contributed by atoms with Crippen molar-refractivity contribution < 1.29 is 9.59 Å². The summed E-state index contributed by atoms with van der Waals surface area (Å²) in [7, 11) is 0. The first-order chi connectivity index (χ1) is 15.9. The van der Waals surface area contributed by atoms with Crippen LogP contribution in [0.2, 0.25) is 0 Å². The Morgan fingerprint density at radius 2 is 1.67 bits per heavy atom. The number of carbonyl (C=O) groups is 2. The highest BCUT2D eigenvalue weighted by molar-refractivity contribution is 8.00. The lowest BCUT2D eigenvalue weighted by atomic mass is 10.1. The number of carbonyl (C=O) groups excluding carboxylic acids is 2. The molecule has 0 aliphatic heterocycles. The van der Waals surface area contributed by atoms with Gasteiger partial charge in [-0.2, -0.15) is 0 Å². The number of thioether (sulfide) groups is 1. The molecule has 1 unspecified atom stereocenters. The maximum Gasteiger partial charge on any atom is 0.221 e. The molecule has 1 atom stereocenters. The molecule has 0 bridgehead atoms. The van der Waals surface area contributed by atoms with Crippen molar-refractivity contribution >= 4 is 29.1 Å². The number of anilines is 1. The molecule has 4 aromatic rings. The minimum Gasteiger partial charge on any atom is -0.326 e. The van der Waals surface area contributed by atoms with Crippen molar-refractivity contribution in [3.05, 3.63) is 84.2 Å². The molecule has 0 saturated carbocycles.